The Labute approximate surface area is 108 Å². The van der Waals surface area contributed by atoms with Crippen LogP contribution in [0.3, 0.4) is 0 Å². The van der Waals surface area contributed by atoms with Gasteiger partial charge in [0.25, 0.3) is 0 Å². The molecule has 0 amide bonds. The Hall–Kier alpha value is 0.570. The average molecular weight is 298 g/mol. The van der Waals surface area contributed by atoms with Gasteiger partial charge in [0.2, 0.25) is 5.69 Å². The fourth-order valence-corrected chi connectivity index (χ4v) is 2.13. The standard InChI is InChI=1S/C9H15P.CH5O2PS2/c1-10(2,3)9-7-5-4-6-8-9;1-6-4(2,3)5/h4-8,10H,1-3H3;1H3,(H2,2,3,5). The van der Waals surface area contributed by atoms with Gasteiger partial charge in [-0.25, -0.2) is 0 Å². The quantitative estimate of drug-likeness (QED) is 0.823. The van der Waals surface area contributed by atoms with Crippen molar-refractivity contribution in [1.29, 1.82) is 0 Å². The van der Waals surface area contributed by atoms with Crippen LogP contribution in [0, 0.1) is 0 Å². The summed E-state index contributed by atoms with van der Waals surface area (Å²) in [5.41, 5.74) is -2.90. The molecule has 0 heterocycles. The van der Waals surface area contributed by atoms with Gasteiger partial charge in [-0.15, -0.1) is 0 Å². The Morgan fingerprint density at radius 2 is 1.50 bits per heavy atom. The molecule has 0 fully saturated rings. The first-order chi connectivity index (χ1) is 7.17. The van der Waals surface area contributed by atoms with E-state index in [4.69, 9.17) is 9.79 Å². The van der Waals surface area contributed by atoms with E-state index in [0.29, 0.717) is 0 Å². The molecule has 0 radical (unpaired) electrons. The fourth-order valence-electron chi connectivity index (χ4n) is 0.938. The van der Waals surface area contributed by atoms with Crippen LogP contribution in [-0.2, 0) is 11.8 Å². The van der Waals surface area contributed by atoms with E-state index in [1.54, 1.807) is 6.26 Å². The maximum atomic E-state index is 8.27. The number of benzene rings is 1. The van der Waals surface area contributed by atoms with Crippen LogP contribution in [0.25, 0.3) is 0 Å². The van der Waals surface area contributed by atoms with E-state index in [1.807, 2.05) is 0 Å². The summed E-state index contributed by atoms with van der Waals surface area (Å²) in [4.78, 5) is 16.5. The SMILES string of the molecule is CSP(O)(O)=S.C[PH](C)(C)c1ccccc1. The van der Waals surface area contributed by atoms with Crippen LogP contribution < -0.4 is 5.30 Å². The number of hydrogen-bond donors (Lipinski definition) is 2. The van der Waals surface area contributed by atoms with E-state index in [9.17, 15) is 0 Å². The zero-order valence-corrected chi connectivity index (χ0v) is 13.6. The van der Waals surface area contributed by atoms with Crippen LogP contribution in [0.15, 0.2) is 30.3 Å². The van der Waals surface area contributed by atoms with E-state index in [0.717, 1.165) is 11.4 Å². The Balaban J connectivity index is 0.000000325. The summed E-state index contributed by atoms with van der Waals surface area (Å²) in [6, 6.07) is 10.8. The second kappa shape index (κ2) is 7.10. The van der Waals surface area contributed by atoms with Crippen molar-refractivity contribution >= 4 is 41.4 Å². The Bertz CT molecular complexity index is 344. The molecule has 0 saturated carbocycles. The first kappa shape index (κ1) is 16.6. The van der Waals surface area contributed by atoms with Crippen molar-refractivity contribution in [3.8, 4) is 0 Å². The molecule has 6 heteroatoms. The zero-order valence-electron chi connectivity index (χ0n) is 10.0. The minimum atomic E-state index is -2.90. The van der Waals surface area contributed by atoms with Gasteiger partial charge in [0, 0.05) is 0 Å². The molecule has 0 aliphatic carbocycles. The van der Waals surface area contributed by atoms with Crippen LogP contribution in [0.5, 0.6) is 0 Å². The molecule has 1 aromatic rings. The molecule has 1 rings (SSSR count). The van der Waals surface area contributed by atoms with Gasteiger partial charge < -0.3 is 9.79 Å². The molecule has 1 aromatic carbocycles. The third-order valence-electron chi connectivity index (χ3n) is 1.88. The number of hydrogen-bond acceptors (Lipinski definition) is 2. The van der Waals surface area contributed by atoms with Gasteiger partial charge in [-0.1, -0.05) is 11.4 Å². The average Bonchev–Trinajstić information content (AvgIpc) is 2.18. The summed E-state index contributed by atoms with van der Waals surface area (Å²) < 4.78 is 0. The van der Waals surface area contributed by atoms with Crippen LogP contribution in [0.2, 0.25) is 0 Å². The predicted molar refractivity (Wildman–Crippen MR) is 84.4 cm³/mol. The van der Waals surface area contributed by atoms with Gasteiger partial charge in [-0.05, 0) is 18.1 Å². The fraction of sp³-hybridized carbons (Fsp3) is 0.400. The van der Waals surface area contributed by atoms with Crippen molar-refractivity contribution in [3.63, 3.8) is 0 Å². The maximum absolute atomic E-state index is 8.27. The van der Waals surface area contributed by atoms with Crippen molar-refractivity contribution < 1.29 is 9.79 Å². The molecule has 2 nitrogen and oxygen atoms in total. The molecule has 0 spiro atoms. The van der Waals surface area contributed by atoms with Crippen molar-refractivity contribution in [2.24, 2.45) is 0 Å². The molecule has 0 atom stereocenters. The molecule has 0 unspecified atom stereocenters. The zero-order chi connectivity index (χ0) is 12.8. The van der Waals surface area contributed by atoms with Crippen LogP contribution in [-0.4, -0.2) is 36.0 Å². The molecule has 2 N–H and O–H groups in total. The van der Waals surface area contributed by atoms with Crippen molar-refractivity contribution in [2.45, 2.75) is 0 Å². The van der Waals surface area contributed by atoms with E-state index in [1.165, 1.54) is 5.30 Å². The summed E-state index contributed by atoms with van der Waals surface area (Å²) in [6.07, 6.45) is 1.57. The molecule has 0 aliphatic heterocycles. The van der Waals surface area contributed by atoms with Crippen molar-refractivity contribution in [3.05, 3.63) is 30.3 Å². The van der Waals surface area contributed by atoms with E-state index < -0.39 is 13.0 Å². The Morgan fingerprint density at radius 3 is 1.69 bits per heavy atom. The third-order valence-corrected chi connectivity index (χ3v) is 7.19. The Kier molecular flexibility index (Phi) is 7.36. The van der Waals surface area contributed by atoms with Gasteiger partial charge in [0.05, 0.1) is 0 Å². The number of rotatable bonds is 2. The molecule has 94 valence electrons. The second-order valence-electron chi connectivity index (χ2n) is 4.29. The van der Waals surface area contributed by atoms with E-state index in [2.05, 4.69) is 62.1 Å². The third kappa shape index (κ3) is 8.69. The van der Waals surface area contributed by atoms with Crippen LogP contribution in [0.4, 0.5) is 0 Å². The molecule has 0 aromatic heterocycles. The predicted octanol–water partition coefficient (Wildman–Crippen LogP) is 2.51. The second-order valence-corrected chi connectivity index (χ2v) is 15.6. The topological polar surface area (TPSA) is 40.5 Å². The summed E-state index contributed by atoms with van der Waals surface area (Å²) in [5.74, 6) is 0. The normalized spacial score (nSPS) is 12.6. The molecule has 0 aliphatic rings. The van der Waals surface area contributed by atoms with Gasteiger partial charge in [-0.2, -0.15) is 0 Å². The van der Waals surface area contributed by atoms with Crippen LogP contribution in [0.1, 0.15) is 0 Å². The molecular weight excluding hydrogens is 278 g/mol. The molecular formula is C10H20O2P2S2. The molecule has 0 saturated heterocycles. The Morgan fingerprint density at radius 1 is 1.12 bits per heavy atom. The first-order valence-electron chi connectivity index (χ1n) is 4.83. The van der Waals surface area contributed by atoms with Gasteiger partial charge in [0.15, 0.2) is 0 Å². The summed E-state index contributed by atoms with van der Waals surface area (Å²) >= 11 is 5.09. The van der Waals surface area contributed by atoms with Crippen LogP contribution >= 0.6 is 24.3 Å². The summed E-state index contributed by atoms with van der Waals surface area (Å²) in [6.45, 7) is 7.09. The minimum absolute atomic E-state index is 0.919. The monoisotopic (exact) mass is 298 g/mol. The first-order valence-corrected chi connectivity index (χ1v) is 12.9. The summed E-state index contributed by atoms with van der Waals surface area (Å²) in [7, 11) is -1.03. The molecule has 16 heavy (non-hydrogen) atoms. The summed E-state index contributed by atoms with van der Waals surface area (Å²) in [5, 5.41) is 1.54. The van der Waals surface area contributed by atoms with Gasteiger partial charge >= 0.3 is 62.9 Å². The molecule has 0 bridgehead atoms. The van der Waals surface area contributed by atoms with Crippen molar-refractivity contribution in [2.75, 3.05) is 26.3 Å². The van der Waals surface area contributed by atoms with E-state index >= 15 is 0 Å². The van der Waals surface area contributed by atoms with Gasteiger partial charge in [0.1, 0.15) is 0 Å². The van der Waals surface area contributed by atoms with Gasteiger partial charge in [-0.3, -0.25) is 0 Å². The van der Waals surface area contributed by atoms with E-state index in [-0.39, 0.29) is 0 Å². The van der Waals surface area contributed by atoms with Crippen molar-refractivity contribution in [1.82, 2.24) is 0 Å².